The van der Waals surface area contributed by atoms with Crippen molar-refractivity contribution in [3.63, 3.8) is 0 Å². The number of fused-ring (bicyclic) bond motifs is 2. The number of aromatic nitrogens is 6. The van der Waals surface area contributed by atoms with Gasteiger partial charge >= 0.3 is 0 Å². The summed E-state index contributed by atoms with van der Waals surface area (Å²) in [6.45, 7) is 0. The van der Waals surface area contributed by atoms with Crippen molar-refractivity contribution < 1.29 is 14.7 Å². The van der Waals surface area contributed by atoms with Crippen LogP contribution in [0.4, 0.5) is 5.82 Å². The van der Waals surface area contributed by atoms with Crippen LogP contribution in [0.5, 0.6) is 5.75 Å². The molecule has 212 valence electrons. The molecule has 0 saturated heterocycles. The lowest BCUT2D eigenvalue weighted by atomic mass is 10.1. The zero-order valence-electron chi connectivity index (χ0n) is 22.5. The fourth-order valence-electron chi connectivity index (χ4n) is 5.46. The van der Waals surface area contributed by atoms with Crippen LogP contribution in [0.2, 0.25) is 5.15 Å². The molecule has 2 aromatic carbocycles. The summed E-state index contributed by atoms with van der Waals surface area (Å²) in [7, 11) is 0. The fraction of sp³-hybridized carbons (Fsp3) is 0.0968. The average Bonchev–Trinajstić information content (AvgIpc) is 3.73. The zero-order valence-corrected chi connectivity index (χ0v) is 23.2. The maximum Gasteiger partial charge on any atom is 0.251 e. The second-order valence-corrected chi connectivity index (χ2v) is 10.5. The van der Waals surface area contributed by atoms with Crippen LogP contribution in [0.1, 0.15) is 44.3 Å². The number of carbonyl (C=O) groups excluding carboxylic acids is 2. The van der Waals surface area contributed by atoms with Crippen molar-refractivity contribution in [3.05, 3.63) is 107 Å². The first-order valence-corrected chi connectivity index (χ1v) is 13.8. The van der Waals surface area contributed by atoms with Crippen LogP contribution in [-0.2, 0) is 6.42 Å². The quantitative estimate of drug-likeness (QED) is 0.233. The number of nitrogens with one attached hydrogen (secondary N) is 1. The third kappa shape index (κ3) is 4.65. The Hall–Kier alpha value is -5.55. The molecule has 0 saturated carbocycles. The summed E-state index contributed by atoms with van der Waals surface area (Å²) in [5.41, 5.74) is 11.5. The number of nitrogens with two attached hydrogens (primary N) is 1. The molecule has 0 spiro atoms. The van der Waals surface area contributed by atoms with Crippen LogP contribution in [0.25, 0.3) is 34.1 Å². The number of nitrogen functional groups attached to an aromatic ring is 1. The van der Waals surface area contributed by atoms with Gasteiger partial charge < -0.3 is 16.2 Å². The number of benzene rings is 2. The van der Waals surface area contributed by atoms with Gasteiger partial charge in [0, 0.05) is 23.6 Å². The Bertz CT molecular complexity index is 2070. The van der Waals surface area contributed by atoms with Gasteiger partial charge in [-0.15, -0.1) is 0 Å². The van der Waals surface area contributed by atoms with Crippen LogP contribution < -0.4 is 11.1 Å². The molecular formula is C31H23ClN8O3. The first-order chi connectivity index (χ1) is 20.9. The van der Waals surface area contributed by atoms with E-state index in [1.165, 1.54) is 18.2 Å². The number of aryl methyl sites for hydroxylation is 1. The Balaban J connectivity index is 1.29. The summed E-state index contributed by atoms with van der Waals surface area (Å²) < 4.78 is 3.54. The summed E-state index contributed by atoms with van der Waals surface area (Å²) in [5.74, 6) is 1.01. The van der Waals surface area contributed by atoms with E-state index in [4.69, 9.17) is 27.3 Å². The predicted octanol–water partition coefficient (Wildman–Crippen LogP) is 4.84. The zero-order chi connectivity index (χ0) is 29.7. The van der Waals surface area contributed by atoms with Gasteiger partial charge in [0.05, 0.1) is 17.2 Å². The third-order valence-electron chi connectivity index (χ3n) is 7.55. The lowest BCUT2D eigenvalue weighted by molar-refractivity contribution is 0.0936. The van der Waals surface area contributed by atoms with E-state index in [2.05, 4.69) is 21.5 Å². The minimum absolute atomic E-state index is 0.0640. The summed E-state index contributed by atoms with van der Waals surface area (Å²) in [6, 6.07) is 19.1. The third-order valence-corrected chi connectivity index (χ3v) is 7.75. The maximum atomic E-state index is 13.0. The second-order valence-electron chi connectivity index (χ2n) is 10.1. The number of rotatable bonds is 6. The first-order valence-electron chi connectivity index (χ1n) is 13.4. The van der Waals surface area contributed by atoms with Gasteiger partial charge in [-0.3, -0.25) is 14.2 Å². The van der Waals surface area contributed by atoms with Gasteiger partial charge in [0.1, 0.15) is 17.1 Å². The minimum Gasteiger partial charge on any atom is -0.507 e. The molecule has 4 aromatic heterocycles. The van der Waals surface area contributed by atoms with Crippen molar-refractivity contribution in [1.82, 2.24) is 34.6 Å². The number of nitrogens with zero attached hydrogens (tertiary/aromatic N) is 6. The van der Waals surface area contributed by atoms with Gasteiger partial charge in [-0.05, 0) is 84.6 Å². The first kappa shape index (κ1) is 26.4. The highest BCUT2D eigenvalue weighted by atomic mass is 35.5. The Morgan fingerprint density at radius 3 is 2.77 bits per heavy atom. The van der Waals surface area contributed by atoms with Crippen molar-refractivity contribution in [2.24, 2.45) is 0 Å². The summed E-state index contributed by atoms with van der Waals surface area (Å²) in [6.07, 6.45) is 5.33. The highest BCUT2D eigenvalue weighted by Crippen LogP contribution is 2.36. The molecule has 11 nitrogen and oxygen atoms in total. The van der Waals surface area contributed by atoms with Crippen LogP contribution in [-0.4, -0.2) is 46.6 Å². The largest absolute Gasteiger partial charge is 0.507 e. The van der Waals surface area contributed by atoms with Gasteiger partial charge in [0.15, 0.2) is 28.7 Å². The minimum atomic E-state index is -0.324. The Morgan fingerprint density at radius 2 is 1.98 bits per heavy atom. The van der Waals surface area contributed by atoms with E-state index in [-0.39, 0.29) is 23.3 Å². The number of carbonyl (C=O) groups is 2. The molecular weight excluding hydrogens is 568 g/mol. The van der Waals surface area contributed by atoms with Crippen molar-refractivity contribution in [1.29, 1.82) is 0 Å². The highest BCUT2D eigenvalue weighted by molar-refractivity contribution is 6.29. The molecule has 4 heterocycles. The summed E-state index contributed by atoms with van der Waals surface area (Å²) >= 11 is 6.06. The molecule has 1 aliphatic carbocycles. The Kier molecular flexibility index (Phi) is 6.36. The van der Waals surface area contributed by atoms with Crippen LogP contribution in [0.15, 0.2) is 79.1 Å². The summed E-state index contributed by atoms with van der Waals surface area (Å²) in [5, 5.41) is 17.5. The van der Waals surface area contributed by atoms with Gasteiger partial charge in [0.2, 0.25) is 0 Å². The van der Waals surface area contributed by atoms with Gasteiger partial charge in [-0.25, -0.2) is 19.6 Å². The number of pyridine rings is 2. The fourth-order valence-corrected chi connectivity index (χ4v) is 5.60. The van der Waals surface area contributed by atoms with Crippen molar-refractivity contribution >= 4 is 40.8 Å². The smallest absolute Gasteiger partial charge is 0.251 e. The SMILES string of the molecule is Nc1ncccc1-c1nc2ccc(-n3ccc(Cl)n3)nc2n1-c1ccc2c(c1)CC[C@@H]2NC(=O)c1ccc(O)c(C=O)c1. The average molecular weight is 591 g/mol. The van der Waals surface area contributed by atoms with E-state index >= 15 is 0 Å². The molecule has 1 atom stereocenters. The van der Waals surface area contributed by atoms with Gasteiger partial charge in [0.25, 0.3) is 5.91 Å². The molecule has 43 heavy (non-hydrogen) atoms. The van der Waals surface area contributed by atoms with E-state index < -0.39 is 0 Å². The molecule has 7 rings (SSSR count). The van der Waals surface area contributed by atoms with E-state index in [1.807, 2.05) is 41.0 Å². The van der Waals surface area contributed by atoms with E-state index in [0.717, 1.165) is 23.2 Å². The molecule has 1 amide bonds. The number of anilines is 1. The lowest BCUT2D eigenvalue weighted by Crippen LogP contribution is -2.27. The van der Waals surface area contributed by atoms with E-state index in [0.29, 0.717) is 57.6 Å². The standard InChI is InChI=1S/C31H23ClN8O3/c32-26-11-13-39(38-26)27-10-8-24-30(37-27)40(29(35-24)22-2-1-12-34-28(22)33)20-5-6-21-17(15-20)3-7-23(21)36-31(43)18-4-9-25(42)19(14-18)16-41/h1-2,4-6,8-16,23,42H,3,7H2,(H2,33,34)(H,36,43)/t23-/m0/s1. The number of phenolic OH excluding ortho intramolecular Hbond substituents is 1. The Morgan fingerprint density at radius 1 is 1.09 bits per heavy atom. The number of hydrogen-bond acceptors (Lipinski definition) is 8. The summed E-state index contributed by atoms with van der Waals surface area (Å²) in [4.78, 5) is 38.3. The molecule has 4 N–H and O–H groups in total. The van der Waals surface area contributed by atoms with Crippen LogP contribution >= 0.6 is 11.6 Å². The molecule has 0 unspecified atom stereocenters. The Labute approximate surface area is 249 Å². The second kappa shape index (κ2) is 10.4. The van der Waals surface area contributed by atoms with Crippen molar-refractivity contribution in [2.45, 2.75) is 18.9 Å². The van der Waals surface area contributed by atoms with Crippen LogP contribution in [0, 0.1) is 0 Å². The number of aldehydes is 1. The van der Waals surface area contributed by atoms with Gasteiger partial charge in [-0.2, -0.15) is 5.10 Å². The molecule has 12 heteroatoms. The predicted molar refractivity (Wildman–Crippen MR) is 161 cm³/mol. The number of amides is 1. The number of imidazole rings is 1. The normalized spacial score (nSPS) is 14.1. The van der Waals surface area contributed by atoms with Gasteiger partial charge in [-0.1, -0.05) is 17.7 Å². The number of aromatic hydroxyl groups is 1. The number of phenols is 1. The highest BCUT2D eigenvalue weighted by Gasteiger charge is 2.26. The molecule has 1 aliphatic rings. The molecule has 6 aromatic rings. The molecule has 0 bridgehead atoms. The maximum absolute atomic E-state index is 13.0. The molecule has 0 aliphatic heterocycles. The topological polar surface area (TPSA) is 154 Å². The van der Waals surface area contributed by atoms with Crippen LogP contribution in [0.3, 0.4) is 0 Å². The molecule has 0 fully saturated rings. The van der Waals surface area contributed by atoms with E-state index in [9.17, 15) is 14.7 Å². The molecule has 0 radical (unpaired) electrons. The van der Waals surface area contributed by atoms with Crippen molar-refractivity contribution in [3.8, 4) is 28.6 Å². The lowest BCUT2D eigenvalue weighted by Gasteiger charge is -2.16. The number of halogens is 1. The van der Waals surface area contributed by atoms with E-state index in [1.54, 1.807) is 23.1 Å². The van der Waals surface area contributed by atoms with Crippen molar-refractivity contribution in [2.75, 3.05) is 5.73 Å². The monoisotopic (exact) mass is 590 g/mol. The number of hydrogen-bond donors (Lipinski definition) is 3.